The summed E-state index contributed by atoms with van der Waals surface area (Å²) in [6.07, 6.45) is -4.30. The molecule has 0 spiro atoms. The Bertz CT molecular complexity index is 571. The van der Waals surface area contributed by atoms with E-state index in [0.29, 0.717) is 13.1 Å². The van der Waals surface area contributed by atoms with Crippen molar-refractivity contribution >= 4 is 5.91 Å². The van der Waals surface area contributed by atoms with Crippen LogP contribution in [0.25, 0.3) is 0 Å². The smallest absolute Gasteiger partial charge is 0.394 e. The molecule has 0 radical (unpaired) electrons. The fourth-order valence-corrected chi connectivity index (χ4v) is 2.83. The first kappa shape index (κ1) is 17.7. The quantitative estimate of drug-likeness (QED) is 0.805. The monoisotopic (exact) mass is 334 g/mol. The summed E-state index contributed by atoms with van der Waals surface area (Å²) in [5, 5.41) is 16.4. The number of alkyl halides is 3. The van der Waals surface area contributed by atoms with Gasteiger partial charge in [-0.2, -0.15) is 18.3 Å². The number of carbonyl (C=O) groups excluding carboxylic acids is 1. The van der Waals surface area contributed by atoms with Crippen LogP contribution in [0.5, 0.6) is 0 Å². The summed E-state index contributed by atoms with van der Waals surface area (Å²) in [5.74, 6) is -0.482. The lowest BCUT2D eigenvalue weighted by atomic mass is 10.1. The van der Waals surface area contributed by atoms with Gasteiger partial charge in [-0.15, -0.1) is 0 Å². The molecule has 130 valence electrons. The van der Waals surface area contributed by atoms with Gasteiger partial charge in [0.25, 0.3) is 0 Å². The number of aliphatic hydroxyl groups is 1. The summed E-state index contributed by atoms with van der Waals surface area (Å²) in [7, 11) is 0. The van der Waals surface area contributed by atoms with Crippen molar-refractivity contribution in [3.05, 3.63) is 17.0 Å². The molecule has 1 fully saturated rings. The van der Waals surface area contributed by atoms with Gasteiger partial charge in [-0.05, 0) is 13.8 Å². The van der Waals surface area contributed by atoms with E-state index >= 15 is 0 Å². The Morgan fingerprint density at radius 1 is 1.39 bits per heavy atom. The Labute approximate surface area is 132 Å². The average molecular weight is 334 g/mol. The van der Waals surface area contributed by atoms with Gasteiger partial charge in [-0.1, -0.05) is 0 Å². The number of aliphatic hydroxyl groups excluding tert-OH is 1. The molecule has 0 saturated carbocycles. The lowest BCUT2D eigenvalue weighted by Crippen LogP contribution is -2.37. The van der Waals surface area contributed by atoms with Crippen molar-refractivity contribution in [3.8, 4) is 0 Å². The van der Waals surface area contributed by atoms with Crippen LogP contribution in [-0.4, -0.2) is 57.6 Å². The van der Waals surface area contributed by atoms with Crippen LogP contribution in [0, 0.1) is 13.8 Å². The van der Waals surface area contributed by atoms with Crippen LogP contribution in [0.4, 0.5) is 13.2 Å². The number of likely N-dealkylation sites (tertiary alicyclic amines) is 1. The van der Waals surface area contributed by atoms with Gasteiger partial charge in [0.15, 0.2) is 0 Å². The number of hydrogen-bond donors (Lipinski definition) is 2. The molecule has 1 aliphatic heterocycles. The fraction of sp³-hybridized carbons (Fsp3) is 0.714. The molecular formula is C14H21F3N4O2. The third-order valence-electron chi connectivity index (χ3n) is 4.00. The van der Waals surface area contributed by atoms with Crippen LogP contribution in [0.1, 0.15) is 23.4 Å². The summed E-state index contributed by atoms with van der Waals surface area (Å²) >= 11 is 0. The minimum atomic E-state index is -4.37. The number of amides is 1. The average Bonchev–Trinajstić information content (AvgIpc) is 2.88. The van der Waals surface area contributed by atoms with Gasteiger partial charge in [0.1, 0.15) is 6.54 Å². The minimum absolute atomic E-state index is 0.0155. The van der Waals surface area contributed by atoms with Crippen molar-refractivity contribution < 1.29 is 23.1 Å². The highest BCUT2D eigenvalue weighted by Crippen LogP contribution is 2.21. The van der Waals surface area contributed by atoms with Crippen molar-refractivity contribution in [1.82, 2.24) is 20.0 Å². The Morgan fingerprint density at radius 3 is 2.70 bits per heavy atom. The summed E-state index contributed by atoms with van der Waals surface area (Å²) in [6.45, 7) is 3.39. The van der Waals surface area contributed by atoms with E-state index < -0.39 is 18.6 Å². The summed E-state index contributed by atoms with van der Waals surface area (Å²) in [4.78, 5) is 12.5. The zero-order valence-corrected chi connectivity index (χ0v) is 13.2. The number of halogens is 3. The van der Waals surface area contributed by atoms with Crippen LogP contribution >= 0.6 is 0 Å². The fourth-order valence-electron chi connectivity index (χ4n) is 2.83. The molecule has 1 unspecified atom stereocenters. The first-order chi connectivity index (χ1) is 10.7. The van der Waals surface area contributed by atoms with E-state index in [9.17, 15) is 18.0 Å². The number of rotatable bonds is 6. The topological polar surface area (TPSA) is 70.4 Å². The van der Waals surface area contributed by atoms with Crippen LogP contribution in [0.2, 0.25) is 0 Å². The summed E-state index contributed by atoms with van der Waals surface area (Å²) in [6, 6.07) is -0.301. The Kier molecular flexibility index (Phi) is 5.30. The van der Waals surface area contributed by atoms with Crippen molar-refractivity contribution in [1.29, 1.82) is 0 Å². The van der Waals surface area contributed by atoms with Gasteiger partial charge in [-0.3, -0.25) is 9.48 Å². The second-order valence-corrected chi connectivity index (χ2v) is 5.77. The van der Waals surface area contributed by atoms with Crippen LogP contribution < -0.4 is 5.32 Å². The number of aryl methyl sites for hydroxylation is 1. The van der Waals surface area contributed by atoms with Gasteiger partial charge in [0.05, 0.1) is 18.8 Å². The highest BCUT2D eigenvalue weighted by atomic mass is 19.4. The van der Waals surface area contributed by atoms with Gasteiger partial charge in [0, 0.05) is 36.8 Å². The third-order valence-corrected chi connectivity index (χ3v) is 4.00. The summed E-state index contributed by atoms with van der Waals surface area (Å²) in [5.41, 5.74) is 2.65. The molecule has 23 heavy (non-hydrogen) atoms. The van der Waals surface area contributed by atoms with Crippen molar-refractivity contribution in [2.24, 2.45) is 0 Å². The van der Waals surface area contributed by atoms with E-state index in [1.807, 2.05) is 13.8 Å². The highest BCUT2D eigenvalue weighted by molar-refractivity contribution is 5.79. The molecule has 2 heterocycles. The molecule has 0 aromatic carbocycles. The lowest BCUT2D eigenvalue weighted by molar-refractivity contribution is -0.157. The number of aromatic nitrogens is 2. The zero-order chi connectivity index (χ0) is 17.2. The van der Waals surface area contributed by atoms with Crippen LogP contribution in [-0.2, 0) is 17.9 Å². The second kappa shape index (κ2) is 6.88. The lowest BCUT2D eigenvalue weighted by Gasteiger charge is -2.18. The third kappa shape index (κ3) is 4.44. The maximum atomic E-state index is 12.4. The van der Waals surface area contributed by atoms with E-state index in [2.05, 4.69) is 10.4 Å². The zero-order valence-electron chi connectivity index (χ0n) is 13.2. The molecule has 1 aromatic heterocycles. The van der Waals surface area contributed by atoms with E-state index in [0.717, 1.165) is 21.9 Å². The number of hydrogen-bond acceptors (Lipinski definition) is 4. The van der Waals surface area contributed by atoms with Crippen molar-refractivity contribution in [3.63, 3.8) is 0 Å². The van der Waals surface area contributed by atoms with E-state index in [4.69, 9.17) is 5.11 Å². The van der Waals surface area contributed by atoms with Gasteiger partial charge in [-0.25, -0.2) is 0 Å². The van der Waals surface area contributed by atoms with Gasteiger partial charge in [0.2, 0.25) is 5.91 Å². The molecule has 1 aliphatic rings. The normalized spacial score (nSPS) is 19.0. The van der Waals surface area contributed by atoms with E-state index in [-0.39, 0.29) is 25.6 Å². The maximum Gasteiger partial charge on any atom is 0.406 e. The predicted octanol–water partition coefficient (Wildman–Crippen LogP) is 0.745. The minimum Gasteiger partial charge on any atom is -0.394 e. The van der Waals surface area contributed by atoms with E-state index in [1.54, 1.807) is 4.68 Å². The maximum absolute atomic E-state index is 12.4. The molecule has 9 heteroatoms. The van der Waals surface area contributed by atoms with Crippen LogP contribution in [0.3, 0.4) is 0 Å². The molecule has 1 saturated heterocycles. The molecule has 2 rings (SSSR count). The molecule has 1 amide bonds. The van der Waals surface area contributed by atoms with E-state index in [1.165, 1.54) is 0 Å². The Balaban J connectivity index is 1.94. The first-order valence-corrected chi connectivity index (χ1v) is 7.43. The standard InChI is InChI=1S/C14H21F3N4O2/c1-9-12(10(2)21(19-9)3-4-22)6-18-11-5-13(23)20(7-11)8-14(15,16)17/h11,18,22H,3-8H2,1-2H3. The Morgan fingerprint density at radius 2 is 2.09 bits per heavy atom. The Hall–Kier alpha value is -1.61. The molecule has 0 aliphatic carbocycles. The molecule has 2 N–H and O–H groups in total. The largest absolute Gasteiger partial charge is 0.406 e. The second-order valence-electron chi connectivity index (χ2n) is 5.77. The SMILES string of the molecule is Cc1nn(CCO)c(C)c1CNC1CC(=O)N(CC(F)(F)F)C1. The van der Waals surface area contributed by atoms with Crippen molar-refractivity contribution in [2.45, 2.75) is 45.6 Å². The first-order valence-electron chi connectivity index (χ1n) is 7.43. The molecule has 6 nitrogen and oxygen atoms in total. The molecule has 1 atom stereocenters. The number of nitrogens with zero attached hydrogens (tertiary/aromatic N) is 3. The molecule has 1 aromatic rings. The molecular weight excluding hydrogens is 313 g/mol. The predicted molar refractivity (Wildman–Crippen MR) is 76.7 cm³/mol. The summed E-state index contributed by atoms with van der Waals surface area (Å²) < 4.78 is 38.9. The van der Waals surface area contributed by atoms with Gasteiger partial charge >= 0.3 is 6.18 Å². The van der Waals surface area contributed by atoms with Gasteiger partial charge < -0.3 is 15.3 Å². The van der Waals surface area contributed by atoms with Crippen molar-refractivity contribution in [2.75, 3.05) is 19.7 Å². The number of carbonyl (C=O) groups is 1. The highest BCUT2D eigenvalue weighted by Gasteiger charge is 2.38. The van der Waals surface area contributed by atoms with Crippen LogP contribution in [0.15, 0.2) is 0 Å². The number of nitrogens with one attached hydrogen (secondary N) is 1. The molecule has 0 bridgehead atoms.